The van der Waals surface area contributed by atoms with Crippen LogP contribution >= 0.6 is 0 Å². The van der Waals surface area contributed by atoms with Gasteiger partial charge in [0, 0.05) is 26.4 Å². The summed E-state index contributed by atoms with van der Waals surface area (Å²) in [5.74, 6) is 0.980. The van der Waals surface area contributed by atoms with Gasteiger partial charge in [0.2, 0.25) is 5.95 Å². The average Bonchev–Trinajstić information content (AvgIpc) is 3.51. The van der Waals surface area contributed by atoms with Gasteiger partial charge in [-0.2, -0.15) is 0 Å². The van der Waals surface area contributed by atoms with Crippen LogP contribution in [-0.2, 0) is 6.42 Å². The monoisotopic (exact) mass is 354 g/mol. The molecule has 1 atom stereocenters. The van der Waals surface area contributed by atoms with Crippen molar-refractivity contribution in [3.8, 4) is 0 Å². The van der Waals surface area contributed by atoms with Crippen LogP contribution in [0.1, 0.15) is 68.6 Å². The number of hydrogen-bond acceptors (Lipinski definition) is 4. The first-order chi connectivity index (χ1) is 12.8. The van der Waals surface area contributed by atoms with E-state index in [1.807, 2.05) is 18.5 Å². The molecule has 138 valence electrons. The van der Waals surface area contributed by atoms with E-state index in [-0.39, 0.29) is 7.24 Å². The molecule has 5 rings (SSSR count). The first kappa shape index (κ1) is 16.2. The summed E-state index contributed by atoms with van der Waals surface area (Å²) < 4.78 is 15.2. The largest absolute Gasteiger partial charge is 0.322 e. The van der Waals surface area contributed by atoms with Crippen LogP contribution in [0.15, 0.2) is 24.5 Å². The summed E-state index contributed by atoms with van der Waals surface area (Å²) in [6.45, 7) is 2.11. The Kier molecular flexibility index (Phi) is 4.12. The molecule has 3 aliphatic rings. The van der Waals surface area contributed by atoms with Crippen molar-refractivity contribution >= 4 is 11.6 Å². The lowest BCUT2D eigenvalue weighted by Crippen LogP contribution is -2.35. The molecule has 2 aliphatic heterocycles. The van der Waals surface area contributed by atoms with Crippen molar-refractivity contribution < 1.29 is 5.82 Å². The number of aromatic nitrogens is 2. The van der Waals surface area contributed by atoms with Crippen LogP contribution in [0.25, 0.3) is 0 Å². The lowest BCUT2D eigenvalue weighted by molar-refractivity contribution is 0.187. The summed E-state index contributed by atoms with van der Waals surface area (Å²) in [5, 5.41) is 3.08. The van der Waals surface area contributed by atoms with E-state index in [4.69, 9.17) is 0 Å². The van der Waals surface area contributed by atoms with Crippen LogP contribution in [0.3, 0.4) is 0 Å². The smallest absolute Gasteiger partial charge is 0.227 e. The highest BCUT2D eigenvalue weighted by Gasteiger charge is 2.30. The van der Waals surface area contributed by atoms with Crippen molar-refractivity contribution in [2.45, 2.75) is 56.9 Å². The Morgan fingerprint density at radius 1 is 1.04 bits per heavy atom. The number of nitrogens with zero attached hydrogens (tertiary/aromatic N) is 3. The topological polar surface area (TPSA) is 41.1 Å². The standard InChI is InChI=1S/C21H25FN4.H2/c22-20-17-9-11-26-10-3-1-2-4-19(26)16(17)7-8-18(20)25-21-23-12-15(13-24-21)14-5-6-14;/h7-8,12-14,19H,1-6,9-11H2,(H,23,24,25);1H/t19-;/m0./s1. The molecular weight excluding hydrogens is 327 g/mol. The Balaban J connectivity index is 0.00000180. The SMILES string of the molecule is Fc1c(Nc2ncc(C3CC3)cn2)ccc2c1CCN1CCCCC[C@@H]21.[HH]. The first-order valence-corrected chi connectivity index (χ1v) is 9.94. The van der Waals surface area contributed by atoms with Crippen LogP contribution in [0.5, 0.6) is 0 Å². The number of nitrogens with one attached hydrogen (secondary N) is 1. The van der Waals surface area contributed by atoms with E-state index in [0.717, 1.165) is 31.5 Å². The Morgan fingerprint density at radius 2 is 1.88 bits per heavy atom. The summed E-state index contributed by atoms with van der Waals surface area (Å²) in [5.41, 5.74) is 3.75. The molecule has 0 spiro atoms. The van der Waals surface area contributed by atoms with Gasteiger partial charge in [-0.1, -0.05) is 18.9 Å². The van der Waals surface area contributed by atoms with Crippen LogP contribution in [-0.4, -0.2) is 28.0 Å². The van der Waals surface area contributed by atoms with Gasteiger partial charge in [0.25, 0.3) is 0 Å². The van der Waals surface area contributed by atoms with Crippen LogP contribution < -0.4 is 5.32 Å². The summed E-state index contributed by atoms with van der Waals surface area (Å²) in [6, 6.07) is 4.36. The zero-order chi connectivity index (χ0) is 17.5. The lowest BCUT2D eigenvalue weighted by atomic mass is 9.89. The molecule has 1 saturated heterocycles. The lowest BCUT2D eigenvalue weighted by Gasteiger charge is -2.36. The molecule has 3 heterocycles. The quantitative estimate of drug-likeness (QED) is 0.846. The van der Waals surface area contributed by atoms with Crippen LogP contribution in [0, 0.1) is 5.82 Å². The third-order valence-corrected chi connectivity index (χ3v) is 6.12. The Hall–Kier alpha value is -2.01. The van der Waals surface area contributed by atoms with Crippen molar-refractivity contribution in [2.24, 2.45) is 0 Å². The van der Waals surface area contributed by atoms with Gasteiger partial charge in [-0.05, 0) is 67.3 Å². The minimum absolute atomic E-state index is 0. The Labute approximate surface area is 155 Å². The Bertz CT molecular complexity index is 807. The molecule has 0 amide bonds. The summed E-state index contributed by atoms with van der Waals surface area (Å²) in [6.07, 6.45) is 11.9. The molecule has 0 bridgehead atoms. The van der Waals surface area contributed by atoms with E-state index in [1.54, 1.807) is 0 Å². The first-order valence-electron chi connectivity index (χ1n) is 9.94. The normalized spacial score (nSPS) is 23.0. The molecule has 1 aromatic heterocycles. The van der Waals surface area contributed by atoms with Gasteiger partial charge in [-0.3, -0.25) is 4.90 Å². The summed E-state index contributed by atoms with van der Waals surface area (Å²) in [7, 11) is 0. The highest BCUT2D eigenvalue weighted by molar-refractivity contribution is 5.58. The number of hydrogen-bond donors (Lipinski definition) is 1. The predicted octanol–water partition coefficient (Wildman–Crippen LogP) is 4.96. The fourth-order valence-corrected chi connectivity index (χ4v) is 4.49. The maximum Gasteiger partial charge on any atom is 0.227 e. The molecule has 1 aliphatic carbocycles. The van der Waals surface area contributed by atoms with Crippen molar-refractivity contribution in [3.63, 3.8) is 0 Å². The fourth-order valence-electron chi connectivity index (χ4n) is 4.49. The van der Waals surface area contributed by atoms with Crippen molar-refractivity contribution in [1.82, 2.24) is 14.9 Å². The molecule has 26 heavy (non-hydrogen) atoms. The van der Waals surface area contributed by atoms with Crippen molar-refractivity contribution in [3.05, 3.63) is 47.0 Å². The number of fused-ring (bicyclic) bond motifs is 3. The Morgan fingerprint density at radius 3 is 2.69 bits per heavy atom. The summed E-state index contributed by atoms with van der Waals surface area (Å²) in [4.78, 5) is 11.3. The fraction of sp³-hybridized carbons (Fsp3) is 0.524. The van der Waals surface area contributed by atoms with Gasteiger partial charge in [-0.25, -0.2) is 14.4 Å². The van der Waals surface area contributed by atoms with Crippen molar-refractivity contribution in [1.29, 1.82) is 0 Å². The van der Waals surface area contributed by atoms with E-state index in [0.29, 0.717) is 23.6 Å². The van der Waals surface area contributed by atoms with Gasteiger partial charge in [0.15, 0.2) is 0 Å². The molecule has 4 nitrogen and oxygen atoms in total. The molecule has 0 unspecified atom stereocenters. The van der Waals surface area contributed by atoms with Gasteiger partial charge in [0.1, 0.15) is 5.82 Å². The minimum Gasteiger partial charge on any atom is -0.322 e. The van der Waals surface area contributed by atoms with Gasteiger partial charge in [-0.15, -0.1) is 0 Å². The molecule has 1 N–H and O–H groups in total. The molecule has 2 aromatic rings. The highest BCUT2D eigenvalue weighted by Crippen LogP contribution is 2.40. The molecule has 5 heteroatoms. The zero-order valence-electron chi connectivity index (χ0n) is 15.0. The maximum atomic E-state index is 15.2. The van der Waals surface area contributed by atoms with E-state index in [9.17, 15) is 0 Å². The van der Waals surface area contributed by atoms with E-state index in [1.165, 1.54) is 43.2 Å². The number of benzene rings is 1. The third-order valence-electron chi connectivity index (χ3n) is 6.12. The molecule has 1 saturated carbocycles. The van der Waals surface area contributed by atoms with Gasteiger partial charge in [0.05, 0.1) is 5.69 Å². The molecule has 1 aromatic carbocycles. The number of rotatable bonds is 3. The molecule has 2 fully saturated rings. The van der Waals surface area contributed by atoms with E-state index >= 15 is 4.39 Å². The predicted molar refractivity (Wildman–Crippen MR) is 102 cm³/mol. The second kappa shape index (κ2) is 6.62. The number of anilines is 2. The summed E-state index contributed by atoms with van der Waals surface area (Å²) >= 11 is 0. The van der Waals surface area contributed by atoms with Crippen LogP contribution in [0.2, 0.25) is 0 Å². The minimum atomic E-state index is -0.124. The highest BCUT2D eigenvalue weighted by atomic mass is 19.1. The number of halogens is 1. The second-order valence-electron chi connectivity index (χ2n) is 7.89. The maximum absolute atomic E-state index is 15.2. The molecular formula is C21H27FN4. The molecule has 0 radical (unpaired) electrons. The van der Waals surface area contributed by atoms with E-state index < -0.39 is 0 Å². The second-order valence-corrected chi connectivity index (χ2v) is 7.89. The van der Waals surface area contributed by atoms with E-state index in [2.05, 4.69) is 26.3 Å². The van der Waals surface area contributed by atoms with Crippen molar-refractivity contribution in [2.75, 3.05) is 18.4 Å². The third kappa shape index (κ3) is 2.98. The van der Waals surface area contributed by atoms with Gasteiger partial charge < -0.3 is 5.32 Å². The van der Waals surface area contributed by atoms with Crippen LogP contribution in [0.4, 0.5) is 16.0 Å². The zero-order valence-corrected chi connectivity index (χ0v) is 15.0. The van der Waals surface area contributed by atoms with Gasteiger partial charge >= 0.3 is 0 Å². The average molecular weight is 354 g/mol.